The predicted molar refractivity (Wildman–Crippen MR) is 91.8 cm³/mol. The number of likely N-dealkylation sites (tertiary alicyclic amines) is 1. The number of aryl methyl sites for hydroxylation is 2. The lowest BCUT2D eigenvalue weighted by Gasteiger charge is -2.36. The van der Waals surface area contributed by atoms with E-state index in [9.17, 15) is 9.90 Å². The van der Waals surface area contributed by atoms with Gasteiger partial charge in [0.15, 0.2) is 0 Å². The summed E-state index contributed by atoms with van der Waals surface area (Å²) in [7, 11) is 0. The van der Waals surface area contributed by atoms with E-state index < -0.39 is 5.97 Å². The summed E-state index contributed by atoms with van der Waals surface area (Å²) in [5.74, 6) is -0.871. The van der Waals surface area contributed by atoms with E-state index >= 15 is 0 Å². The van der Waals surface area contributed by atoms with Gasteiger partial charge in [-0.05, 0) is 68.9 Å². The van der Waals surface area contributed by atoms with Crippen LogP contribution in [0.3, 0.4) is 0 Å². The molecule has 0 amide bonds. The lowest BCUT2D eigenvalue weighted by molar-refractivity contribution is -0.143. The highest BCUT2D eigenvalue weighted by Crippen LogP contribution is 2.34. The second-order valence-electron chi connectivity index (χ2n) is 6.28. The Kier molecular flexibility index (Phi) is 4.78. The maximum Gasteiger partial charge on any atom is 0.306 e. The molecule has 2 aromatic heterocycles. The van der Waals surface area contributed by atoms with Crippen molar-refractivity contribution < 1.29 is 9.90 Å². The maximum atomic E-state index is 11.2. The van der Waals surface area contributed by atoms with E-state index in [1.807, 2.05) is 13.0 Å². The van der Waals surface area contributed by atoms with Gasteiger partial charge in [0.25, 0.3) is 0 Å². The molecule has 5 heteroatoms. The monoisotopic (exact) mass is 330 g/mol. The summed E-state index contributed by atoms with van der Waals surface area (Å²) >= 11 is 1.76. The minimum Gasteiger partial charge on any atom is -0.481 e. The molecule has 0 aromatic carbocycles. The fraction of sp³-hybridized carbons (Fsp3) is 0.444. The molecule has 1 aliphatic rings. The highest BCUT2D eigenvalue weighted by atomic mass is 32.1. The zero-order valence-electron chi connectivity index (χ0n) is 13.5. The highest BCUT2D eigenvalue weighted by molar-refractivity contribution is 7.10. The van der Waals surface area contributed by atoms with Gasteiger partial charge in [-0.25, -0.2) is 0 Å². The average Bonchev–Trinajstić information content (AvgIpc) is 2.94. The van der Waals surface area contributed by atoms with Crippen LogP contribution in [0, 0.1) is 19.8 Å². The molecular weight excluding hydrogens is 308 g/mol. The minimum atomic E-state index is -0.665. The summed E-state index contributed by atoms with van der Waals surface area (Å²) in [6, 6.07) is 8.49. The molecule has 1 aliphatic heterocycles. The highest BCUT2D eigenvalue weighted by Gasteiger charge is 2.31. The molecule has 1 atom stereocenters. The maximum absolute atomic E-state index is 11.2. The molecule has 1 saturated heterocycles. The van der Waals surface area contributed by atoms with Crippen molar-refractivity contribution in [1.82, 2.24) is 9.88 Å². The Morgan fingerprint density at radius 3 is 2.65 bits per heavy atom. The van der Waals surface area contributed by atoms with E-state index in [-0.39, 0.29) is 12.0 Å². The van der Waals surface area contributed by atoms with Crippen molar-refractivity contribution in [1.29, 1.82) is 0 Å². The van der Waals surface area contributed by atoms with Crippen molar-refractivity contribution in [2.45, 2.75) is 32.7 Å². The van der Waals surface area contributed by atoms with Crippen LogP contribution in [0.4, 0.5) is 0 Å². The number of aliphatic carboxylic acids is 1. The summed E-state index contributed by atoms with van der Waals surface area (Å²) in [4.78, 5) is 19.6. The van der Waals surface area contributed by atoms with Crippen LogP contribution in [0.5, 0.6) is 0 Å². The molecule has 0 spiro atoms. The topological polar surface area (TPSA) is 53.4 Å². The first-order chi connectivity index (χ1) is 11.0. The quantitative estimate of drug-likeness (QED) is 0.930. The summed E-state index contributed by atoms with van der Waals surface area (Å²) in [5.41, 5.74) is 3.34. The van der Waals surface area contributed by atoms with Crippen LogP contribution in [0.25, 0.3) is 0 Å². The number of aromatic nitrogens is 1. The smallest absolute Gasteiger partial charge is 0.306 e. The van der Waals surface area contributed by atoms with Crippen molar-refractivity contribution in [3.63, 3.8) is 0 Å². The van der Waals surface area contributed by atoms with Crippen LogP contribution in [-0.4, -0.2) is 34.0 Å². The van der Waals surface area contributed by atoms with Gasteiger partial charge in [0.2, 0.25) is 0 Å². The number of thiophene rings is 1. The molecular formula is C18H22N2O2S. The second-order valence-corrected chi connectivity index (χ2v) is 7.22. The van der Waals surface area contributed by atoms with Crippen molar-refractivity contribution in [3.05, 3.63) is 51.5 Å². The Morgan fingerprint density at radius 2 is 2.09 bits per heavy atom. The van der Waals surface area contributed by atoms with E-state index in [1.54, 1.807) is 11.3 Å². The van der Waals surface area contributed by atoms with Crippen molar-refractivity contribution in [2.24, 2.45) is 5.92 Å². The van der Waals surface area contributed by atoms with Crippen LogP contribution in [0.15, 0.2) is 29.6 Å². The third kappa shape index (κ3) is 3.62. The number of pyridine rings is 1. The molecule has 0 radical (unpaired) electrons. The average molecular weight is 330 g/mol. The zero-order chi connectivity index (χ0) is 16.4. The van der Waals surface area contributed by atoms with Gasteiger partial charge in [0, 0.05) is 10.6 Å². The van der Waals surface area contributed by atoms with Crippen LogP contribution in [0.1, 0.15) is 40.7 Å². The first-order valence-electron chi connectivity index (χ1n) is 8.00. The number of nitrogens with zero attached hydrogens (tertiary/aromatic N) is 2. The summed E-state index contributed by atoms with van der Waals surface area (Å²) in [6.45, 7) is 5.72. The van der Waals surface area contributed by atoms with Crippen LogP contribution < -0.4 is 0 Å². The van der Waals surface area contributed by atoms with Crippen molar-refractivity contribution in [2.75, 3.05) is 13.1 Å². The van der Waals surface area contributed by atoms with Crippen LogP contribution in [-0.2, 0) is 4.79 Å². The van der Waals surface area contributed by atoms with Gasteiger partial charge in [-0.2, -0.15) is 0 Å². The molecule has 4 nitrogen and oxygen atoms in total. The van der Waals surface area contributed by atoms with Gasteiger partial charge in [-0.15, -0.1) is 11.3 Å². The molecule has 2 aromatic rings. The Balaban J connectivity index is 1.89. The standard InChI is InChI=1S/C18H22N2O2S/c1-12-10-16(23-11-12)17(15-5-3-4-13(2)19-15)20-8-6-14(7-9-20)18(21)22/h3-5,10-11,14,17H,6-9H2,1-2H3,(H,21,22). The van der Waals surface area contributed by atoms with E-state index in [0.717, 1.165) is 24.5 Å². The number of carboxylic acid groups (broad SMARTS) is 1. The molecule has 122 valence electrons. The molecule has 0 saturated carbocycles. The van der Waals surface area contributed by atoms with Gasteiger partial charge < -0.3 is 5.11 Å². The van der Waals surface area contributed by atoms with Crippen molar-refractivity contribution >= 4 is 17.3 Å². The first-order valence-corrected chi connectivity index (χ1v) is 8.88. The number of carbonyl (C=O) groups is 1. The van der Waals surface area contributed by atoms with E-state index in [1.165, 1.54) is 10.4 Å². The predicted octanol–water partition coefficient (Wildman–Crippen LogP) is 3.65. The fourth-order valence-corrected chi connectivity index (χ4v) is 4.27. The van der Waals surface area contributed by atoms with Gasteiger partial charge in [-0.3, -0.25) is 14.7 Å². The lowest BCUT2D eigenvalue weighted by Crippen LogP contribution is -2.39. The molecule has 3 heterocycles. The molecule has 3 rings (SSSR count). The third-order valence-electron chi connectivity index (χ3n) is 4.45. The molecule has 1 unspecified atom stereocenters. The summed E-state index contributed by atoms with van der Waals surface area (Å²) in [6.07, 6.45) is 1.42. The molecule has 0 aliphatic carbocycles. The normalized spacial score (nSPS) is 18.0. The Hall–Kier alpha value is -1.72. The molecule has 1 N–H and O–H groups in total. The van der Waals surface area contributed by atoms with Gasteiger partial charge in [0.05, 0.1) is 17.7 Å². The number of hydrogen-bond acceptors (Lipinski definition) is 4. The molecule has 1 fully saturated rings. The van der Waals surface area contributed by atoms with Crippen LogP contribution in [0.2, 0.25) is 0 Å². The van der Waals surface area contributed by atoms with E-state index in [2.05, 4.69) is 35.4 Å². The lowest BCUT2D eigenvalue weighted by atomic mass is 9.95. The van der Waals surface area contributed by atoms with Gasteiger partial charge in [0.1, 0.15) is 0 Å². The number of rotatable bonds is 4. The largest absolute Gasteiger partial charge is 0.481 e. The zero-order valence-corrected chi connectivity index (χ0v) is 14.3. The van der Waals surface area contributed by atoms with E-state index in [0.29, 0.717) is 12.8 Å². The number of hydrogen-bond donors (Lipinski definition) is 1. The third-order valence-corrected chi connectivity index (χ3v) is 5.56. The first kappa shape index (κ1) is 16.1. The van der Waals surface area contributed by atoms with Crippen LogP contribution >= 0.6 is 11.3 Å². The Bertz CT molecular complexity index is 690. The summed E-state index contributed by atoms with van der Waals surface area (Å²) < 4.78 is 0. The summed E-state index contributed by atoms with van der Waals surface area (Å²) in [5, 5.41) is 11.4. The Labute approximate surface area is 140 Å². The van der Waals surface area contributed by atoms with Gasteiger partial charge in [-0.1, -0.05) is 6.07 Å². The Morgan fingerprint density at radius 1 is 1.35 bits per heavy atom. The fourth-order valence-electron chi connectivity index (χ4n) is 3.23. The molecule has 23 heavy (non-hydrogen) atoms. The molecule has 0 bridgehead atoms. The number of piperidine rings is 1. The van der Waals surface area contributed by atoms with E-state index in [4.69, 9.17) is 4.98 Å². The van der Waals surface area contributed by atoms with Crippen molar-refractivity contribution in [3.8, 4) is 0 Å². The second kappa shape index (κ2) is 6.81. The SMILES string of the molecule is Cc1csc(C(c2cccc(C)n2)N2CCC(C(=O)O)CC2)c1. The van der Waals surface area contributed by atoms with Gasteiger partial charge >= 0.3 is 5.97 Å². The number of carboxylic acids is 1. The minimum absolute atomic E-state index is 0.128.